The average molecular weight is 341 g/mol. The number of benzene rings is 1. The van der Waals surface area contributed by atoms with Crippen LogP contribution in [0.3, 0.4) is 0 Å². The van der Waals surface area contributed by atoms with Gasteiger partial charge in [0.15, 0.2) is 11.5 Å². The van der Waals surface area contributed by atoms with Crippen LogP contribution in [-0.2, 0) is 0 Å². The number of hydrogen-bond acceptors (Lipinski definition) is 4. The van der Waals surface area contributed by atoms with Gasteiger partial charge in [-0.05, 0) is 12.1 Å². The summed E-state index contributed by atoms with van der Waals surface area (Å²) in [6.07, 6.45) is -2.34. The highest BCUT2D eigenvalue weighted by Crippen LogP contribution is 2.40. The van der Waals surface area contributed by atoms with E-state index in [0.717, 1.165) is 0 Å². The molecule has 8 heteroatoms. The molecule has 1 saturated heterocycles. The van der Waals surface area contributed by atoms with Gasteiger partial charge < -0.3 is 19.7 Å². The van der Waals surface area contributed by atoms with E-state index in [1.165, 1.54) is 0 Å². The fourth-order valence-corrected chi connectivity index (χ4v) is 2.83. The minimum absolute atomic E-state index is 0.243. The number of nitrogens with zero attached hydrogens (tertiary/aromatic N) is 2. The molecular formula is C16H21F2N3O3. The van der Waals surface area contributed by atoms with E-state index in [4.69, 9.17) is 9.47 Å². The molecule has 2 aliphatic heterocycles. The molecule has 0 aromatic heterocycles. The fraction of sp³-hybridized carbons (Fsp3) is 0.562. The van der Waals surface area contributed by atoms with Gasteiger partial charge in [0, 0.05) is 51.8 Å². The third-order valence-electron chi connectivity index (χ3n) is 3.96. The van der Waals surface area contributed by atoms with Crippen molar-refractivity contribution in [2.45, 2.75) is 26.1 Å². The summed E-state index contributed by atoms with van der Waals surface area (Å²) < 4.78 is 36.0. The number of anilines is 1. The number of carbonyl (C=O) groups excluding carboxylic acids is 1. The molecule has 0 spiro atoms. The molecule has 0 bridgehead atoms. The quantitative estimate of drug-likeness (QED) is 0.918. The summed E-state index contributed by atoms with van der Waals surface area (Å²) in [5.41, 5.74) is 0.607. The number of alkyl halides is 2. The zero-order valence-corrected chi connectivity index (χ0v) is 13.7. The first-order chi connectivity index (χ1) is 11.3. The highest BCUT2D eigenvalue weighted by atomic mass is 19.3. The van der Waals surface area contributed by atoms with Crippen molar-refractivity contribution < 1.29 is 23.0 Å². The van der Waals surface area contributed by atoms with Crippen molar-refractivity contribution in [2.24, 2.45) is 0 Å². The number of rotatable bonds is 3. The van der Waals surface area contributed by atoms with Crippen LogP contribution >= 0.6 is 0 Å². The van der Waals surface area contributed by atoms with Gasteiger partial charge in [0.25, 0.3) is 6.43 Å². The number of ether oxygens (including phenoxy) is 2. The van der Waals surface area contributed by atoms with E-state index in [-0.39, 0.29) is 12.6 Å². The fourth-order valence-electron chi connectivity index (χ4n) is 2.83. The van der Waals surface area contributed by atoms with Gasteiger partial charge >= 0.3 is 6.03 Å². The zero-order chi connectivity index (χ0) is 17.3. The molecule has 132 valence electrons. The van der Waals surface area contributed by atoms with E-state index >= 15 is 0 Å². The Bertz CT molecular complexity index is 617. The van der Waals surface area contributed by atoms with Crippen molar-refractivity contribution in [3.63, 3.8) is 0 Å². The molecule has 2 aliphatic rings. The molecule has 0 atom stereocenters. The second-order valence-electron chi connectivity index (χ2n) is 6.37. The Morgan fingerprint density at radius 3 is 2.54 bits per heavy atom. The van der Waals surface area contributed by atoms with E-state index in [1.807, 2.05) is 13.8 Å². The number of urea groups is 1. The summed E-state index contributed by atoms with van der Waals surface area (Å²) in [5.74, 6) is 0.504. The molecule has 2 heterocycles. The number of fused-ring (bicyclic) bond motifs is 1. The molecule has 1 N–H and O–H groups in total. The van der Waals surface area contributed by atoms with Crippen LogP contribution in [0.1, 0.15) is 13.8 Å². The summed E-state index contributed by atoms with van der Waals surface area (Å²) in [6, 6.07) is 4.97. The van der Waals surface area contributed by atoms with Crippen LogP contribution in [0.4, 0.5) is 19.3 Å². The first-order valence-corrected chi connectivity index (χ1v) is 7.91. The molecule has 0 saturated carbocycles. The average Bonchev–Trinajstić information content (AvgIpc) is 2.80. The van der Waals surface area contributed by atoms with E-state index in [9.17, 15) is 13.6 Å². The van der Waals surface area contributed by atoms with Crippen LogP contribution in [0.15, 0.2) is 18.2 Å². The Labute approximate surface area is 139 Å². The van der Waals surface area contributed by atoms with E-state index < -0.39 is 12.2 Å². The summed E-state index contributed by atoms with van der Waals surface area (Å²) in [5, 5.41) is 2.81. The maximum Gasteiger partial charge on any atom is 0.321 e. The third-order valence-corrected chi connectivity index (χ3v) is 3.96. The Morgan fingerprint density at radius 2 is 1.88 bits per heavy atom. The van der Waals surface area contributed by atoms with Crippen LogP contribution in [0.25, 0.3) is 0 Å². The van der Waals surface area contributed by atoms with Gasteiger partial charge in [0.2, 0.25) is 5.79 Å². The Balaban J connectivity index is 1.55. The molecule has 0 unspecified atom stereocenters. The van der Waals surface area contributed by atoms with Gasteiger partial charge in [0.1, 0.15) is 0 Å². The minimum Gasteiger partial charge on any atom is -0.449 e. The predicted molar refractivity (Wildman–Crippen MR) is 84.8 cm³/mol. The predicted octanol–water partition coefficient (Wildman–Crippen LogP) is 2.61. The number of amides is 2. The molecule has 1 aromatic carbocycles. The van der Waals surface area contributed by atoms with E-state index in [0.29, 0.717) is 43.4 Å². The van der Waals surface area contributed by atoms with Crippen molar-refractivity contribution in [3.8, 4) is 11.5 Å². The van der Waals surface area contributed by atoms with Crippen LogP contribution in [0, 0.1) is 0 Å². The molecule has 2 amide bonds. The second-order valence-corrected chi connectivity index (χ2v) is 6.37. The van der Waals surface area contributed by atoms with Crippen molar-refractivity contribution >= 4 is 11.7 Å². The smallest absolute Gasteiger partial charge is 0.321 e. The zero-order valence-electron chi connectivity index (χ0n) is 13.7. The van der Waals surface area contributed by atoms with Crippen LogP contribution in [0.5, 0.6) is 11.5 Å². The molecule has 1 aromatic rings. The van der Waals surface area contributed by atoms with Gasteiger partial charge in [-0.2, -0.15) is 0 Å². The topological polar surface area (TPSA) is 54.0 Å². The number of nitrogens with one attached hydrogen (secondary N) is 1. The molecule has 6 nitrogen and oxygen atoms in total. The molecular weight excluding hydrogens is 320 g/mol. The summed E-state index contributed by atoms with van der Waals surface area (Å²) in [6.45, 7) is 5.13. The van der Waals surface area contributed by atoms with E-state index in [2.05, 4.69) is 5.32 Å². The lowest BCUT2D eigenvalue weighted by atomic mass is 10.2. The van der Waals surface area contributed by atoms with Gasteiger partial charge in [-0.15, -0.1) is 0 Å². The lowest BCUT2D eigenvalue weighted by Gasteiger charge is -2.34. The van der Waals surface area contributed by atoms with Gasteiger partial charge in [-0.1, -0.05) is 0 Å². The number of hydrogen-bond donors (Lipinski definition) is 1. The highest BCUT2D eigenvalue weighted by molar-refractivity contribution is 5.89. The number of halogens is 2. The normalized spacial score (nSPS) is 19.6. The first kappa shape index (κ1) is 16.8. The van der Waals surface area contributed by atoms with Gasteiger partial charge in [-0.3, -0.25) is 4.90 Å². The van der Waals surface area contributed by atoms with Crippen molar-refractivity contribution in [2.75, 3.05) is 38.0 Å². The molecule has 3 rings (SSSR count). The van der Waals surface area contributed by atoms with E-state index in [1.54, 1.807) is 28.0 Å². The van der Waals surface area contributed by atoms with Crippen molar-refractivity contribution in [1.29, 1.82) is 0 Å². The molecule has 24 heavy (non-hydrogen) atoms. The summed E-state index contributed by atoms with van der Waals surface area (Å²) >= 11 is 0. The lowest BCUT2D eigenvalue weighted by Crippen LogP contribution is -2.50. The minimum atomic E-state index is -2.34. The summed E-state index contributed by atoms with van der Waals surface area (Å²) in [4.78, 5) is 15.6. The highest BCUT2D eigenvalue weighted by Gasteiger charge is 2.32. The van der Waals surface area contributed by atoms with Gasteiger partial charge in [0.05, 0.1) is 6.54 Å². The Kier molecular flexibility index (Phi) is 4.49. The maximum absolute atomic E-state index is 12.4. The third kappa shape index (κ3) is 3.87. The standard InChI is InChI=1S/C16H21F2N3O3/c1-16(2)23-12-4-3-11(9-13(12)24-16)19-15(22)21-7-5-20(6-8-21)10-14(17)18/h3-4,9,14H,5-8,10H2,1-2H3,(H,19,22). The van der Waals surface area contributed by atoms with Crippen molar-refractivity contribution in [3.05, 3.63) is 18.2 Å². The Hall–Kier alpha value is -2.09. The molecule has 0 radical (unpaired) electrons. The monoisotopic (exact) mass is 341 g/mol. The number of carbonyl (C=O) groups is 1. The molecule has 1 fully saturated rings. The van der Waals surface area contributed by atoms with Crippen LogP contribution < -0.4 is 14.8 Å². The Morgan fingerprint density at radius 1 is 1.21 bits per heavy atom. The lowest BCUT2D eigenvalue weighted by molar-refractivity contribution is -0.0431. The second kappa shape index (κ2) is 6.43. The van der Waals surface area contributed by atoms with Gasteiger partial charge in [-0.25, -0.2) is 13.6 Å². The van der Waals surface area contributed by atoms with Crippen molar-refractivity contribution in [1.82, 2.24) is 9.80 Å². The van der Waals surface area contributed by atoms with Crippen LogP contribution in [-0.4, -0.2) is 60.8 Å². The van der Waals surface area contributed by atoms with Crippen LogP contribution in [0.2, 0.25) is 0 Å². The number of piperazine rings is 1. The first-order valence-electron chi connectivity index (χ1n) is 7.91. The maximum atomic E-state index is 12.4. The molecule has 0 aliphatic carbocycles. The SMILES string of the molecule is CC1(C)Oc2ccc(NC(=O)N3CCN(CC(F)F)CC3)cc2O1. The summed E-state index contributed by atoms with van der Waals surface area (Å²) in [7, 11) is 0. The largest absolute Gasteiger partial charge is 0.449 e.